The van der Waals surface area contributed by atoms with Crippen molar-refractivity contribution in [1.29, 1.82) is 0 Å². The van der Waals surface area contributed by atoms with Gasteiger partial charge in [-0.1, -0.05) is 73.2 Å². The van der Waals surface area contributed by atoms with Crippen LogP contribution >= 0.6 is 0 Å². The molecular formula is C23H29NO. The van der Waals surface area contributed by atoms with E-state index in [-0.39, 0.29) is 18.0 Å². The van der Waals surface area contributed by atoms with Crippen LogP contribution in [-0.4, -0.2) is 10.7 Å². The fourth-order valence-electron chi connectivity index (χ4n) is 4.44. The molecule has 0 saturated carbocycles. The van der Waals surface area contributed by atoms with Gasteiger partial charge in [-0.25, -0.2) is 0 Å². The molecule has 0 bridgehead atoms. The molecule has 0 spiro atoms. The summed E-state index contributed by atoms with van der Waals surface area (Å²) in [5.74, 6) is 0.159. The predicted molar refractivity (Wildman–Crippen MR) is 104 cm³/mol. The van der Waals surface area contributed by atoms with Crippen LogP contribution in [0, 0.1) is 5.92 Å². The van der Waals surface area contributed by atoms with Crippen molar-refractivity contribution >= 4 is 0 Å². The minimum Gasteiger partial charge on any atom is -0.389 e. The fourth-order valence-corrected chi connectivity index (χ4v) is 4.44. The monoisotopic (exact) mass is 335 g/mol. The highest BCUT2D eigenvalue weighted by atomic mass is 16.3. The summed E-state index contributed by atoms with van der Waals surface area (Å²) in [4.78, 5) is 0. The Bertz CT molecular complexity index is 697. The number of rotatable bonds is 5. The molecule has 25 heavy (non-hydrogen) atoms. The first-order valence-corrected chi connectivity index (χ1v) is 9.26. The first kappa shape index (κ1) is 17.9. The third-order valence-corrected chi connectivity index (χ3v) is 5.44. The molecule has 2 aromatic carbocycles. The normalized spacial score (nSPS) is 29.3. The number of benzene rings is 2. The molecule has 1 fully saturated rings. The van der Waals surface area contributed by atoms with E-state index >= 15 is 0 Å². The molecule has 0 unspecified atom stereocenters. The lowest BCUT2D eigenvalue weighted by Crippen LogP contribution is -2.53. The Balaban J connectivity index is 2.01. The van der Waals surface area contributed by atoms with Crippen molar-refractivity contribution in [2.24, 2.45) is 5.92 Å². The molecule has 0 radical (unpaired) electrons. The van der Waals surface area contributed by atoms with Gasteiger partial charge in [0, 0.05) is 18.0 Å². The van der Waals surface area contributed by atoms with Crippen LogP contribution < -0.4 is 5.32 Å². The van der Waals surface area contributed by atoms with Crippen molar-refractivity contribution in [2.75, 3.05) is 0 Å². The average Bonchev–Trinajstić information content (AvgIpc) is 2.61. The molecule has 1 saturated heterocycles. The molecule has 1 aliphatic rings. The third-order valence-electron chi connectivity index (χ3n) is 5.44. The Morgan fingerprint density at radius 3 is 2.16 bits per heavy atom. The van der Waals surface area contributed by atoms with E-state index in [1.807, 2.05) is 19.1 Å². The Morgan fingerprint density at radius 2 is 1.64 bits per heavy atom. The summed E-state index contributed by atoms with van der Waals surface area (Å²) in [5, 5.41) is 15.5. The van der Waals surface area contributed by atoms with Crippen molar-refractivity contribution in [2.45, 2.75) is 50.8 Å². The largest absolute Gasteiger partial charge is 0.389 e. The molecule has 4 atom stereocenters. The second kappa shape index (κ2) is 7.55. The van der Waals surface area contributed by atoms with Gasteiger partial charge in [0.05, 0.1) is 5.60 Å². The number of piperidine rings is 1. The number of hydrogen-bond acceptors (Lipinski definition) is 2. The maximum atomic E-state index is 11.7. The molecule has 1 aliphatic heterocycles. The minimum atomic E-state index is -0.743. The van der Waals surface area contributed by atoms with Crippen LogP contribution in [0.5, 0.6) is 0 Å². The number of aliphatic hydroxyl groups is 1. The lowest BCUT2D eigenvalue weighted by Gasteiger charge is -2.49. The van der Waals surface area contributed by atoms with Crippen molar-refractivity contribution in [3.63, 3.8) is 0 Å². The van der Waals surface area contributed by atoms with Gasteiger partial charge in [-0.15, -0.1) is 6.58 Å². The Hall–Kier alpha value is -1.90. The summed E-state index contributed by atoms with van der Waals surface area (Å²) in [6.45, 7) is 8.27. The van der Waals surface area contributed by atoms with E-state index in [9.17, 15) is 5.11 Å². The Morgan fingerprint density at radius 1 is 1.08 bits per heavy atom. The maximum Gasteiger partial charge on any atom is 0.0748 e. The van der Waals surface area contributed by atoms with Crippen LogP contribution in [0.15, 0.2) is 72.8 Å². The first-order chi connectivity index (χ1) is 12.0. The lowest BCUT2D eigenvalue weighted by molar-refractivity contribution is -0.0759. The van der Waals surface area contributed by atoms with E-state index in [0.717, 1.165) is 12.0 Å². The second-order valence-electron chi connectivity index (χ2n) is 7.47. The molecule has 132 valence electrons. The molecular weight excluding hydrogens is 306 g/mol. The van der Waals surface area contributed by atoms with Crippen LogP contribution in [-0.2, 0) is 0 Å². The molecule has 2 nitrogen and oxygen atoms in total. The van der Waals surface area contributed by atoms with Gasteiger partial charge in [0.25, 0.3) is 0 Å². The minimum absolute atomic E-state index is 0.134. The smallest absolute Gasteiger partial charge is 0.0748 e. The first-order valence-electron chi connectivity index (χ1n) is 9.26. The molecule has 0 aromatic heterocycles. The van der Waals surface area contributed by atoms with E-state index < -0.39 is 5.60 Å². The van der Waals surface area contributed by atoms with Crippen LogP contribution in [0.2, 0.25) is 0 Å². The lowest BCUT2D eigenvalue weighted by atomic mass is 9.67. The molecule has 3 rings (SSSR count). The van der Waals surface area contributed by atoms with Gasteiger partial charge in [-0.2, -0.15) is 0 Å². The average molecular weight is 335 g/mol. The highest BCUT2D eigenvalue weighted by molar-refractivity contribution is 5.27. The van der Waals surface area contributed by atoms with Crippen molar-refractivity contribution in [1.82, 2.24) is 5.32 Å². The van der Waals surface area contributed by atoms with E-state index in [0.29, 0.717) is 12.8 Å². The summed E-state index contributed by atoms with van der Waals surface area (Å²) in [6.07, 6.45) is 2.30. The van der Waals surface area contributed by atoms with Gasteiger partial charge >= 0.3 is 0 Å². The molecule has 2 N–H and O–H groups in total. The zero-order valence-corrected chi connectivity index (χ0v) is 15.3. The number of nitrogens with one attached hydrogen (secondary N) is 1. The van der Waals surface area contributed by atoms with E-state index in [2.05, 4.69) is 67.4 Å². The standard InChI is InChI=1S/C23H29NO/c1-4-20-22(19-13-9-6-10-14-19)24-21(18-11-7-5-8-12-18)16-23(20,25)15-17(2)3/h5-14,20-22,24-25H,2,4,15-16H2,1,3H3/t20-,21+,22+,23-/m1/s1. The van der Waals surface area contributed by atoms with Crippen molar-refractivity contribution in [3.8, 4) is 0 Å². The molecule has 2 heteroatoms. The maximum absolute atomic E-state index is 11.7. The SMILES string of the molecule is C=C(C)C[C@@]1(O)C[C@@H](c2ccccc2)N[C@@H](c2ccccc2)[C@H]1CC. The van der Waals surface area contributed by atoms with Crippen LogP contribution in [0.1, 0.15) is 56.3 Å². The van der Waals surface area contributed by atoms with Gasteiger partial charge < -0.3 is 10.4 Å². The van der Waals surface area contributed by atoms with Crippen LogP contribution in [0.25, 0.3) is 0 Å². The van der Waals surface area contributed by atoms with Gasteiger partial charge in [-0.3, -0.25) is 0 Å². The van der Waals surface area contributed by atoms with Gasteiger partial charge in [0.15, 0.2) is 0 Å². The van der Waals surface area contributed by atoms with E-state index in [1.54, 1.807) is 0 Å². The summed E-state index contributed by atoms with van der Waals surface area (Å²) in [7, 11) is 0. The third kappa shape index (κ3) is 3.86. The van der Waals surface area contributed by atoms with Crippen molar-refractivity contribution in [3.05, 3.63) is 83.9 Å². The Labute approximate surface area is 151 Å². The van der Waals surface area contributed by atoms with Gasteiger partial charge in [-0.05, 0) is 37.3 Å². The van der Waals surface area contributed by atoms with Gasteiger partial charge in [0.1, 0.15) is 0 Å². The second-order valence-corrected chi connectivity index (χ2v) is 7.47. The molecule has 2 aromatic rings. The topological polar surface area (TPSA) is 32.3 Å². The zero-order chi connectivity index (χ0) is 17.9. The quantitative estimate of drug-likeness (QED) is 0.737. The summed E-state index contributed by atoms with van der Waals surface area (Å²) in [6, 6.07) is 21.3. The van der Waals surface area contributed by atoms with E-state index in [4.69, 9.17) is 0 Å². The van der Waals surface area contributed by atoms with Crippen LogP contribution in [0.4, 0.5) is 0 Å². The summed E-state index contributed by atoms with van der Waals surface area (Å²) in [5.41, 5.74) is 2.78. The summed E-state index contributed by atoms with van der Waals surface area (Å²) >= 11 is 0. The van der Waals surface area contributed by atoms with E-state index in [1.165, 1.54) is 11.1 Å². The van der Waals surface area contributed by atoms with Gasteiger partial charge in [0.2, 0.25) is 0 Å². The molecule has 1 heterocycles. The highest BCUT2D eigenvalue weighted by Crippen LogP contribution is 2.47. The molecule has 0 aliphatic carbocycles. The van der Waals surface area contributed by atoms with Crippen LogP contribution in [0.3, 0.4) is 0 Å². The fraction of sp³-hybridized carbons (Fsp3) is 0.391. The number of hydrogen-bond donors (Lipinski definition) is 2. The highest BCUT2D eigenvalue weighted by Gasteiger charge is 2.47. The molecule has 0 amide bonds. The van der Waals surface area contributed by atoms with Crippen molar-refractivity contribution < 1.29 is 5.11 Å². The predicted octanol–water partition coefficient (Wildman–Crippen LogP) is 5.19. The summed E-state index contributed by atoms with van der Waals surface area (Å²) < 4.78 is 0. The zero-order valence-electron chi connectivity index (χ0n) is 15.3. The Kier molecular flexibility index (Phi) is 5.41.